The SMILES string of the molecule is NC(=O)c1ccc(N(CN2CCCC2=O)C(=O)c2ccco2)cc1. The lowest BCUT2D eigenvalue weighted by Crippen LogP contribution is -2.42. The molecule has 3 rings (SSSR count). The number of hydrogen-bond acceptors (Lipinski definition) is 4. The molecule has 1 saturated heterocycles. The van der Waals surface area contributed by atoms with Gasteiger partial charge < -0.3 is 15.1 Å². The first-order valence-electron chi connectivity index (χ1n) is 7.59. The Labute approximate surface area is 138 Å². The summed E-state index contributed by atoms with van der Waals surface area (Å²) in [6.45, 7) is 0.744. The van der Waals surface area contributed by atoms with Gasteiger partial charge in [-0.25, -0.2) is 0 Å². The van der Waals surface area contributed by atoms with E-state index in [1.54, 1.807) is 41.3 Å². The molecular formula is C17H17N3O4. The Morgan fingerprint density at radius 3 is 2.50 bits per heavy atom. The molecule has 7 heteroatoms. The van der Waals surface area contributed by atoms with Crippen LogP contribution in [0.1, 0.15) is 33.8 Å². The molecule has 7 nitrogen and oxygen atoms in total. The third-order valence-electron chi connectivity index (χ3n) is 3.92. The van der Waals surface area contributed by atoms with E-state index in [1.807, 2.05) is 0 Å². The largest absolute Gasteiger partial charge is 0.459 e. The molecule has 0 atom stereocenters. The summed E-state index contributed by atoms with van der Waals surface area (Å²) in [5.74, 6) is -0.701. The van der Waals surface area contributed by atoms with Gasteiger partial charge in [0.25, 0.3) is 5.91 Å². The average molecular weight is 327 g/mol. The molecule has 2 N–H and O–H groups in total. The van der Waals surface area contributed by atoms with E-state index in [0.717, 1.165) is 6.42 Å². The van der Waals surface area contributed by atoms with Gasteiger partial charge in [0.15, 0.2) is 5.76 Å². The third kappa shape index (κ3) is 3.15. The van der Waals surface area contributed by atoms with Crippen molar-refractivity contribution in [1.29, 1.82) is 0 Å². The molecule has 0 unspecified atom stereocenters. The molecule has 1 fully saturated rings. The van der Waals surface area contributed by atoms with Crippen molar-refractivity contribution >= 4 is 23.4 Å². The van der Waals surface area contributed by atoms with Gasteiger partial charge in [0.1, 0.15) is 6.67 Å². The summed E-state index contributed by atoms with van der Waals surface area (Å²) in [6.07, 6.45) is 2.69. The normalized spacial score (nSPS) is 14.0. The summed E-state index contributed by atoms with van der Waals surface area (Å²) in [5, 5.41) is 0. The highest BCUT2D eigenvalue weighted by Crippen LogP contribution is 2.21. The van der Waals surface area contributed by atoms with E-state index in [-0.39, 0.29) is 24.2 Å². The molecule has 3 amide bonds. The molecule has 124 valence electrons. The van der Waals surface area contributed by atoms with Gasteiger partial charge in [-0.2, -0.15) is 0 Å². The number of rotatable bonds is 5. The minimum Gasteiger partial charge on any atom is -0.459 e. The van der Waals surface area contributed by atoms with Crippen LogP contribution < -0.4 is 10.6 Å². The highest BCUT2D eigenvalue weighted by Gasteiger charge is 2.27. The van der Waals surface area contributed by atoms with Gasteiger partial charge in [0, 0.05) is 24.2 Å². The summed E-state index contributed by atoms with van der Waals surface area (Å²) in [4.78, 5) is 38.9. The van der Waals surface area contributed by atoms with Gasteiger partial charge in [-0.05, 0) is 42.8 Å². The predicted octanol–water partition coefficient (Wildman–Crippen LogP) is 1.61. The standard InChI is InChI=1S/C17H17N3O4/c18-16(22)12-5-7-13(8-6-12)20(11-19-9-1-4-15(19)21)17(23)14-3-2-10-24-14/h2-3,5-8,10H,1,4,9,11H2,(H2,18,22). The number of amides is 3. The number of likely N-dealkylation sites (tertiary alicyclic amines) is 1. The lowest BCUT2D eigenvalue weighted by Gasteiger charge is -2.27. The van der Waals surface area contributed by atoms with Crippen LogP contribution in [0.15, 0.2) is 47.1 Å². The van der Waals surface area contributed by atoms with Gasteiger partial charge >= 0.3 is 0 Å². The van der Waals surface area contributed by atoms with Crippen LogP contribution in [0, 0.1) is 0 Å². The van der Waals surface area contributed by atoms with E-state index in [9.17, 15) is 14.4 Å². The molecule has 0 bridgehead atoms. The maximum Gasteiger partial charge on any atom is 0.295 e. The number of nitrogens with zero attached hydrogens (tertiary/aromatic N) is 2. The fourth-order valence-corrected chi connectivity index (χ4v) is 2.63. The van der Waals surface area contributed by atoms with Crippen LogP contribution in [0.5, 0.6) is 0 Å². The first kappa shape index (κ1) is 15.8. The molecular weight excluding hydrogens is 310 g/mol. The number of furan rings is 1. The maximum absolute atomic E-state index is 12.7. The zero-order valence-corrected chi connectivity index (χ0v) is 13.0. The predicted molar refractivity (Wildman–Crippen MR) is 86.3 cm³/mol. The van der Waals surface area contributed by atoms with E-state index < -0.39 is 5.91 Å². The Hall–Kier alpha value is -3.09. The zero-order chi connectivity index (χ0) is 17.1. The van der Waals surface area contributed by atoms with Gasteiger partial charge in [0.2, 0.25) is 11.8 Å². The molecule has 1 aromatic carbocycles. The molecule has 0 aliphatic carbocycles. The Morgan fingerprint density at radius 2 is 1.96 bits per heavy atom. The number of anilines is 1. The second-order valence-electron chi connectivity index (χ2n) is 5.52. The summed E-state index contributed by atoms with van der Waals surface area (Å²) in [5.41, 5.74) is 6.14. The third-order valence-corrected chi connectivity index (χ3v) is 3.92. The van der Waals surface area contributed by atoms with Crippen molar-refractivity contribution in [2.24, 2.45) is 5.73 Å². The molecule has 2 heterocycles. The first-order chi connectivity index (χ1) is 11.6. The monoisotopic (exact) mass is 327 g/mol. The smallest absolute Gasteiger partial charge is 0.295 e. The van der Waals surface area contributed by atoms with Crippen LogP contribution in [-0.4, -0.2) is 35.8 Å². The molecule has 1 aliphatic heterocycles. The van der Waals surface area contributed by atoms with E-state index in [2.05, 4.69) is 0 Å². The first-order valence-corrected chi connectivity index (χ1v) is 7.59. The molecule has 24 heavy (non-hydrogen) atoms. The summed E-state index contributed by atoms with van der Waals surface area (Å²) >= 11 is 0. The number of nitrogens with two attached hydrogens (primary N) is 1. The molecule has 1 aromatic heterocycles. The van der Waals surface area contributed by atoms with Crippen molar-refractivity contribution in [1.82, 2.24) is 4.90 Å². The molecule has 0 radical (unpaired) electrons. The Morgan fingerprint density at radius 1 is 1.21 bits per heavy atom. The molecule has 0 spiro atoms. The van der Waals surface area contributed by atoms with Crippen molar-refractivity contribution in [2.45, 2.75) is 12.8 Å². The second-order valence-corrected chi connectivity index (χ2v) is 5.52. The number of carbonyl (C=O) groups is 3. The number of hydrogen-bond donors (Lipinski definition) is 1. The number of carbonyl (C=O) groups excluding carboxylic acids is 3. The van der Waals surface area contributed by atoms with Gasteiger partial charge in [-0.1, -0.05) is 0 Å². The highest BCUT2D eigenvalue weighted by molar-refractivity contribution is 6.04. The van der Waals surface area contributed by atoms with Crippen LogP contribution in [0.3, 0.4) is 0 Å². The van der Waals surface area contributed by atoms with E-state index in [4.69, 9.17) is 10.2 Å². The quantitative estimate of drug-likeness (QED) is 0.902. The zero-order valence-electron chi connectivity index (χ0n) is 13.0. The molecule has 2 aromatic rings. The average Bonchev–Trinajstić information content (AvgIpc) is 3.24. The van der Waals surface area contributed by atoms with Crippen molar-refractivity contribution < 1.29 is 18.8 Å². The van der Waals surface area contributed by atoms with Crippen molar-refractivity contribution in [3.63, 3.8) is 0 Å². The van der Waals surface area contributed by atoms with E-state index in [0.29, 0.717) is 24.2 Å². The lowest BCUT2D eigenvalue weighted by molar-refractivity contribution is -0.127. The fraction of sp³-hybridized carbons (Fsp3) is 0.235. The molecule has 0 saturated carbocycles. The van der Waals surface area contributed by atoms with Crippen LogP contribution in [0.25, 0.3) is 0 Å². The Bertz CT molecular complexity index is 753. The van der Waals surface area contributed by atoms with Crippen molar-refractivity contribution in [3.8, 4) is 0 Å². The van der Waals surface area contributed by atoms with Gasteiger partial charge in [0.05, 0.1) is 6.26 Å². The Balaban J connectivity index is 1.90. The van der Waals surface area contributed by atoms with Crippen molar-refractivity contribution in [3.05, 3.63) is 54.0 Å². The minimum absolute atomic E-state index is 0.0148. The van der Waals surface area contributed by atoms with Crippen LogP contribution >= 0.6 is 0 Å². The van der Waals surface area contributed by atoms with Crippen LogP contribution in [0.4, 0.5) is 5.69 Å². The summed E-state index contributed by atoms with van der Waals surface area (Å²) in [6, 6.07) is 9.54. The van der Waals surface area contributed by atoms with Crippen LogP contribution in [0.2, 0.25) is 0 Å². The van der Waals surface area contributed by atoms with Gasteiger partial charge in [-0.15, -0.1) is 0 Å². The van der Waals surface area contributed by atoms with E-state index in [1.165, 1.54) is 11.2 Å². The minimum atomic E-state index is -0.541. The highest BCUT2D eigenvalue weighted by atomic mass is 16.3. The van der Waals surface area contributed by atoms with E-state index >= 15 is 0 Å². The topological polar surface area (TPSA) is 96.9 Å². The fourth-order valence-electron chi connectivity index (χ4n) is 2.63. The number of primary amides is 1. The van der Waals surface area contributed by atoms with Crippen LogP contribution in [-0.2, 0) is 4.79 Å². The lowest BCUT2D eigenvalue weighted by atomic mass is 10.2. The molecule has 1 aliphatic rings. The van der Waals surface area contributed by atoms with Gasteiger partial charge in [-0.3, -0.25) is 19.3 Å². The summed E-state index contributed by atoms with van der Waals surface area (Å²) in [7, 11) is 0. The summed E-state index contributed by atoms with van der Waals surface area (Å²) < 4.78 is 5.18. The second kappa shape index (κ2) is 6.57. The van der Waals surface area contributed by atoms with Crippen molar-refractivity contribution in [2.75, 3.05) is 18.1 Å². The Kier molecular flexibility index (Phi) is 4.33. The maximum atomic E-state index is 12.7. The number of benzene rings is 1.